The second-order valence-corrected chi connectivity index (χ2v) is 8.78. The van der Waals surface area contributed by atoms with Crippen LogP contribution in [0.2, 0.25) is 0 Å². The van der Waals surface area contributed by atoms with Gasteiger partial charge in [-0.05, 0) is 22.3 Å². The topological polar surface area (TPSA) is 114 Å². The molecule has 2 aliphatic rings. The van der Waals surface area contributed by atoms with E-state index in [-0.39, 0.29) is 50.9 Å². The molecule has 1 fully saturated rings. The monoisotopic (exact) mass is 482 g/mol. The van der Waals surface area contributed by atoms with Gasteiger partial charge in [-0.1, -0.05) is 48.5 Å². The van der Waals surface area contributed by atoms with E-state index in [9.17, 15) is 19.5 Å². The van der Waals surface area contributed by atoms with E-state index in [1.807, 2.05) is 24.3 Å². The molecule has 9 heteroatoms. The molecule has 2 N–H and O–H groups in total. The molecule has 0 spiro atoms. The van der Waals surface area contributed by atoms with Gasteiger partial charge in [-0.25, -0.2) is 9.59 Å². The first-order chi connectivity index (χ1) is 16.9. The summed E-state index contributed by atoms with van der Waals surface area (Å²) < 4.78 is 16.0. The number of rotatable bonds is 9. The summed E-state index contributed by atoms with van der Waals surface area (Å²) in [5.74, 6) is -1.46. The van der Waals surface area contributed by atoms with Gasteiger partial charge in [0, 0.05) is 46.1 Å². The van der Waals surface area contributed by atoms with Gasteiger partial charge in [-0.15, -0.1) is 0 Å². The van der Waals surface area contributed by atoms with Gasteiger partial charge < -0.3 is 29.5 Å². The van der Waals surface area contributed by atoms with Crippen molar-refractivity contribution in [2.45, 2.75) is 30.5 Å². The SMILES string of the molecule is COC(CCNC(=O)OCC1c2ccccc2-c2ccccc21)C(=O)N1CCC(OC)(C(=O)O)C1. The molecule has 2 atom stereocenters. The van der Waals surface area contributed by atoms with E-state index in [1.165, 1.54) is 19.1 Å². The zero-order chi connectivity index (χ0) is 25.0. The number of methoxy groups -OCH3 is 2. The number of alkyl carbamates (subject to hydrolysis) is 1. The van der Waals surface area contributed by atoms with Crippen LogP contribution >= 0.6 is 0 Å². The van der Waals surface area contributed by atoms with Gasteiger partial charge in [0.25, 0.3) is 5.91 Å². The first-order valence-electron chi connectivity index (χ1n) is 11.6. The molecule has 2 unspecified atom stereocenters. The Labute approximate surface area is 204 Å². The van der Waals surface area contributed by atoms with Gasteiger partial charge in [0.2, 0.25) is 0 Å². The number of hydrogen-bond donors (Lipinski definition) is 2. The Hall–Kier alpha value is -3.43. The van der Waals surface area contributed by atoms with E-state index in [2.05, 4.69) is 29.6 Å². The van der Waals surface area contributed by atoms with Crippen LogP contribution in [-0.2, 0) is 23.8 Å². The lowest BCUT2D eigenvalue weighted by atomic mass is 9.98. The summed E-state index contributed by atoms with van der Waals surface area (Å²) >= 11 is 0. The molecule has 186 valence electrons. The maximum atomic E-state index is 12.8. The number of nitrogens with one attached hydrogen (secondary N) is 1. The van der Waals surface area contributed by atoms with E-state index in [0.717, 1.165) is 22.3 Å². The Bertz CT molecular complexity index is 1060. The van der Waals surface area contributed by atoms with E-state index in [0.29, 0.717) is 0 Å². The molecule has 4 rings (SSSR count). The number of fused-ring (bicyclic) bond motifs is 3. The second kappa shape index (κ2) is 10.5. The summed E-state index contributed by atoms with van der Waals surface area (Å²) in [6.45, 7) is 0.591. The number of hydrogen-bond acceptors (Lipinski definition) is 6. The summed E-state index contributed by atoms with van der Waals surface area (Å²) in [6, 6.07) is 16.2. The maximum absolute atomic E-state index is 12.8. The third-order valence-electron chi connectivity index (χ3n) is 6.90. The van der Waals surface area contributed by atoms with Crippen LogP contribution in [0.4, 0.5) is 4.79 Å². The number of carbonyl (C=O) groups excluding carboxylic acids is 2. The van der Waals surface area contributed by atoms with Crippen molar-refractivity contribution in [3.8, 4) is 11.1 Å². The number of aliphatic carboxylic acids is 1. The van der Waals surface area contributed by atoms with Crippen molar-refractivity contribution < 1.29 is 33.7 Å². The van der Waals surface area contributed by atoms with E-state index >= 15 is 0 Å². The van der Waals surface area contributed by atoms with Crippen LogP contribution < -0.4 is 5.32 Å². The number of nitrogens with zero attached hydrogens (tertiary/aromatic N) is 1. The number of benzene rings is 2. The number of likely N-dealkylation sites (tertiary alicyclic amines) is 1. The lowest BCUT2D eigenvalue weighted by Gasteiger charge is -2.25. The number of ether oxygens (including phenoxy) is 3. The van der Waals surface area contributed by atoms with Gasteiger partial charge in [0.05, 0.1) is 6.54 Å². The molecule has 0 radical (unpaired) electrons. The molecular formula is C26H30N2O7. The average Bonchev–Trinajstić information content (AvgIpc) is 3.46. The Morgan fingerprint density at radius 2 is 1.71 bits per heavy atom. The summed E-state index contributed by atoms with van der Waals surface area (Å²) in [7, 11) is 2.74. The van der Waals surface area contributed by atoms with E-state index in [1.54, 1.807) is 0 Å². The van der Waals surface area contributed by atoms with Crippen molar-refractivity contribution in [3.63, 3.8) is 0 Å². The van der Waals surface area contributed by atoms with Crippen LogP contribution in [0, 0.1) is 0 Å². The average molecular weight is 483 g/mol. The van der Waals surface area contributed by atoms with Crippen molar-refractivity contribution in [2.24, 2.45) is 0 Å². The predicted molar refractivity (Wildman–Crippen MR) is 127 cm³/mol. The molecule has 0 aromatic heterocycles. The first kappa shape index (κ1) is 24.7. The van der Waals surface area contributed by atoms with E-state index < -0.39 is 23.8 Å². The van der Waals surface area contributed by atoms with Gasteiger partial charge >= 0.3 is 12.1 Å². The molecule has 1 aliphatic heterocycles. The van der Waals surface area contributed by atoms with Crippen LogP contribution in [0.25, 0.3) is 11.1 Å². The number of carboxylic acid groups (broad SMARTS) is 1. The smallest absolute Gasteiger partial charge is 0.407 e. The maximum Gasteiger partial charge on any atom is 0.407 e. The van der Waals surface area contributed by atoms with Crippen LogP contribution in [-0.4, -0.2) is 80.1 Å². The Balaban J connectivity index is 1.27. The van der Waals surface area contributed by atoms with Crippen molar-refractivity contribution in [2.75, 3.05) is 40.5 Å². The molecule has 0 saturated carbocycles. The molecule has 9 nitrogen and oxygen atoms in total. The zero-order valence-corrected chi connectivity index (χ0v) is 19.9. The van der Waals surface area contributed by atoms with Gasteiger partial charge in [-0.3, -0.25) is 4.79 Å². The fourth-order valence-corrected chi connectivity index (χ4v) is 4.90. The van der Waals surface area contributed by atoms with Crippen LogP contribution in [0.15, 0.2) is 48.5 Å². The summed E-state index contributed by atoms with van der Waals surface area (Å²) in [5.41, 5.74) is 3.17. The van der Waals surface area contributed by atoms with Crippen LogP contribution in [0.3, 0.4) is 0 Å². The quantitative estimate of drug-likeness (QED) is 0.565. The number of amides is 2. The normalized spacial score (nSPS) is 19.7. The molecule has 2 amide bonds. The van der Waals surface area contributed by atoms with Crippen molar-refractivity contribution in [1.82, 2.24) is 10.2 Å². The molecule has 0 bridgehead atoms. The fraction of sp³-hybridized carbons (Fsp3) is 0.423. The Morgan fingerprint density at radius 1 is 1.09 bits per heavy atom. The molecule has 35 heavy (non-hydrogen) atoms. The Kier molecular flexibility index (Phi) is 7.37. The highest BCUT2D eigenvalue weighted by atomic mass is 16.5. The third kappa shape index (κ3) is 4.87. The van der Waals surface area contributed by atoms with Crippen molar-refractivity contribution in [3.05, 3.63) is 59.7 Å². The summed E-state index contributed by atoms with van der Waals surface area (Å²) in [6.07, 6.45) is -0.952. The molecule has 1 aliphatic carbocycles. The van der Waals surface area contributed by atoms with Gasteiger partial charge in [0.1, 0.15) is 12.7 Å². The highest BCUT2D eigenvalue weighted by Crippen LogP contribution is 2.44. The third-order valence-corrected chi connectivity index (χ3v) is 6.90. The number of carbonyl (C=O) groups is 3. The largest absolute Gasteiger partial charge is 0.479 e. The minimum atomic E-state index is -1.40. The molecule has 2 aromatic rings. The minimum Gasteiger partial charge on any atom is -0.479 e. The lowest BCUT2D eigenvalue weighted by Crippen LogP contribution is -2.47. The Morgan fingerprint density at radius 3 is 2.26 bits per heavy atom. The standard InChI is InChI=1S/C26H30N2O7/c1-33-22(23(29)28-14-12-26(16-28,34-2)24(30)31)11-13-27-25(32)35-15-21-19-9-5-3-7-17(19)18-8-4-6-10-20(18)21/h3-10,21-22H,11-16H2,1-2H3,(H,27,32)(H,30,31). The second-order valence-electron chi connectivity index (χ2n) is 8.78. The van der Waals surface area contributed by atoms with Crippen molar-refractivity contribution in [1.29, 1.82) is 0 Å². The van der Waals surface area contributed by atoms with Crippen LogP contribution in [0.5, 0.6) is 0 Å². The first-order valence-corrected chi connectivity index (χ1v) is 11.6. The molecular weight excluding hydrogens is 452 g/mol. The molecule has 1 heterocycles. The fourth-order valence-electron chi connectivity index (χ4n) is 4.90. The minimum absolute atomic E-state index is 0.0353. The van der Waals surface area contributed by atoms with Crippen LogP contribution in [0.1, 0.15) is 29.9 Å². The highest BCUT2D eigenvalue weighted by molar-refractivity contribution is 5.85. The van der Waals surface area contributed by atoms with E-state index in [4.69, 9.17) is 14.2 Å². The van der Waals surface area contributed by atoms with Crippen molar-refractivity contribution >= 4 is 18.0 Å². The highest BCUT2D eigenvalue weighted by Gasteiger charge is 2.47. The number of carboxylic acids is 1. The van der Waals surface area contributed by atoms with Gasteiger partial charge in [0.15, 0.2) is 5.60 Å². The molecule has 1 saturated heterocycles. The zero-order valence-electron chi connectivity index (χ0n) is 19.9. The molecule has 2 aromatic carbocycles. The lowest BCUT2D eigenvalue weighted by molar-refractivity contribution is -0.161. The predicted octanol–water partition coefficient (Wildman–Crippen LogP) is 2.63. The summed E-state index contributed by atoms with van der Waals surface area (Å²) in [4.78, 5) is 38.2. The van der Waals surface area contributed by atoms with Gasteiger partial charge in [-0.2, -0.15) is 0 Å². The summed E-state index contributed by atoms with van der Waals surface area (Å²) in [5, 5.41) is 12.1.